The normalized spacial score (nSPS) is 18.5. The summed E-state index contributed by atoms with van der Waals surface area (Å²) in [6, 6.07) is 9.61. The maximum absolute atomic E-state index is 13.2. The van der Waals surface area contributed by atoms with E-state index in [4.69, 9.17) is 4.74 Å². The number of hydrogen-bond donors (Lipinski definition) is 0. The van der Waals surface area contributed by atoms with Crippen molar-refractivity contribution in [3.8, 4) is 0 Å². The average molecular weight is 385 g/mol. The molecule has 3 rings (SSSR count). The Morgan fingerprint density at radius 3 is 2.36 bits per heavy atom. The molecule has 0 saturated carbocycles. The largest absolute Gasteiger partial charge is 0.381 e. The first-order chi connectivity index (χ1) is 13.6. The summed E-state index contributed by atoms with van der Waals surface area (Å²) in [6.45, 7) is 7.77. The first kappa shape index (κ1) is 20.6. The Balaban J connectivity index is 1.75. The molecule has 5 nitrogen and oxygen atoms in total. The Hall–Kier alpha value is -2.14. The Morgan fingerprint density at radius 2 is 1.68 bits per heavy atom. The van der Waals surface area contributed by atoms with Crippen LogP contribution in [0.15, 0.2) is 36.0 Å². The second-order valence-electron chi connectivity index (χ2n) is 7.84. The number of carbonyl (C=O) groups is 2. The van der Waals surface area contributed by atoms with Gasteiger partial charge in [-0.2, -0.15) is 0 Å². The van der Waals surface area contributed by atoms with E-state index in [1.54, 1.807) is 0 Å². The maximum Gasteiger partial charge on any atom is 0.277 e. The summed E-state index contributed by atoms with van der Waals surface area (Å²) in [5.41, 5.74) is 1.98. The van der Waals surface area contributed by atoms with E-state index in [0.717, 1.165) is 50.9 Å². The summed E-state index contributed by atoms with van der Waals surface area (Å²) in [5, 5.41) is 0. The monoisotopic (exact) mass is 384 g/mol. The van der Waals surface area contributed by atoms with Crippen LogP contribution in [0.2, 0.25) is 0 Å². The highest BCUT2D eigenvalue weighted by molar-refractivity contribution is 6.35. The molecule has 0 unspecified atom stereocenters. The third-order valence-corrected chi connectivity index (χ3v) is 5.62. The predicted octanol–water partition coefficient (Wildman–Crippen LogP) is 3.71. The van der Waals surface area contributed by atoms with Crippen LogP contribution in [0.1, 0.15) is 51.5 Å². The van der Waals surface area contributed by atoms with E-state index < -0.39 is 0 Å². The van der Waals surface area contributed by atoms with Gasteiger partial charge in [0.1, 0.15) is 5.70 Å². The maximum atomic E-state index is 13.2. The average Bonchev–Trinajstić information content (AvgIpc) is 2.96. The fraction of sp³-hybridized carbons (Fsp3) is 0.565. The van der Waals surface area contributed by atoms with Crippen LogP contribution in [0.4, 0.5) is 0 Å². The highest BCUT2D eigenvalue weighted by Crippen LogP contribution is 2.33. The fourth-order valence-corrected chi connectivity index (χ4v) is 3.83. The van der Waals surface area contributed by atoms with Gasteiger partial charge in [-0.25, -0.2) is 0 Å². The molecule has 0 atom stereocenters. The van der Waals surface area contributed by atoms with Crippen LogP contribution in [0.3, 0.4) is 0 Å². The highest BCUT2D eigenvalue weighted by atomic mass is 16.5. The van der Waals surface area contributed by atoms with Crippen molar-refractivity contribution in [2.75, 3.05) is 32.8 Å². The molecule has 0 bridgehead atoms. The number of rotatable bonds is 9. The molecule has 1 saturated heterocycles. The lowest BCUT2D eigenvalue weighted by Gasteiger charge is -2.32. The van der Waals surface area contributed by atoms with Gasteiger partial charge in [0.05, 0.1) is 5.57 Å². The molecule has 2 amide bonds. The highest BCUT2D eigenvalue weighted by Gasteiger charge is 2.41. The van der Waals surface area contributed by atoms with Gasteiger partial charge in [-0.05, 0) is 37.2 Å². The van der Waals surface area contributed by atoms with Crippen LogP contribution in [0.25, 0.3) is 5.57 Å². The van der Waals surface area contributed by atoms with E-state index in [1.165, 1.54) is 4.90 Å². The predicted molar refractivity (Wildman–Crippen MR) is 110 cm³/mol. The molecule has 5 heteroatoms. The van der Waals surface area contributed by atoms with E-state index >= 15 is 0 Å². The van der Waals surface area contributed by atoms with E-state index in [0.29, 0.717) is 36.8 Å². The fourth-order valence-electron chi connectivity index (χ4n) is 3.83. The van der Waals surface area contributed by atoms with Crippen LogP contribution >= 0.6 is 0 Å². The van der Waals surface area contributed by atoms with Gasteiger partial charge < -0.3 is 9.64 Å². The zero-order valence-corrected chi connectivity index (χ0v) is 17.2. The molecule has 0 aromatic heterocycles. The van der Waals surface area contributed by atoms with Crippen molar-refractivity contribution in [1.29, 1.82) is 0 Å². The molecule has 1 aromatic rings. The van der Waals surface area contributed by atoms with Crippen molar-refractivity contribution < 1.29 is 14.3 Å². The van der Waals surface area contributed by atoms with Crippen LogP contribution in [0, 0.1) is 5.92 Å². The van der Waals surface area contributed by atoms with E-state index in [1.807, 2.05) is 30.3 Å². The summed E-state index contributed by atoms with van der Waals surface area (Å²) >= 11 is 0. The Labute approximate surface area is 168 Å². The molecule has 0 aliphatic carbocycles. The molecule has 0 N–H and O–H groups in total. The van der Waals surface area contributed by atoms with Crippen molar-refractivity contribution in [3.63, 3.8) is 0 Å². The number of ether oxygens (including phenoxy) is 1. The van der Waals surface area contributed by atoms with Crippen LogP contribution < -0.4 is 0 Å². The Kier molecular flexibility index (Phi) is 7.26. The standard InChI is InChI=1S/C23H32N2O3/c1-3-4-16-28-17-8-13-25-22(26)20(19-9-6-5-7-10-19)21(23(25)27)24-14-11-18(2)12-15-24/h5-7,9-10,18H,3-4,8,11-17H2,1-2H3. The molecule has 0 radical (unpaired) electrons. The topological polar surface area (TPSA) is 49.9 Å². The summed E-state index contributed by atoms with van der Waals surface area (Å²) < 4.78 is 5.60. The Morgan fingerprint density at radius 1 is 1.00 bits per heavy atom. The summed E-state index contributed by atoms with van der Waals surface area (Å²) in [4.78, 5) is 29.9. The van der Waals surface area contributed by atoms with Crippen LogP contribution in [-0.4, -0.2) is 54.5 Å². The number of likely N-dealkylation sites (tertiary alicyclic amines) is 1. The number of benzene rings is 1. The molecular weight excluding hydrogens is 352 g/mol. The first-order valence-electron chi connectivity index (χ1n) is 10.6. The van der Waals surface area contributed by atoms with Gasteiger partial charge in [-0.15, -0.1) is 0 Å². The quantitative estimate of drug-likeness (QED) is 0.481. The molecular formula is C23H32N2O3. The van der Waals surface area contributed by atoms with Crippen molar-refractivity contribution in [2.45, 2.75) is 46.0 Å². The lowest BCUT2D eigenvalue weighted by atomic mass is 9.97. The zero-order chi connectivity index (χ0) is 19.9. The SMILES string of the molecule is CCCCOCCCN1C(=O)C(c2ccccc2)=C(N2CCC(C)CC2)C1=O. The van der Waals surface area contributed by atoms with Crippen molar-refractivity contribution in [1.82, 2.24) is 9.80 Å². The smallest absolute Gasteiger partial charge is 0.277 e. The van der Waals surface area contributed by atoms with Gasteiger partial charge in [0.25, 0.3) is 11.8 Å². The third kappa shape index (κ3) is 4.64. The number of hydrogen-bond acceptors (Lipinski definition) is 4. The number of piperidine rings is 1. The van der Waals surface area contributed by atoms with Gasteiger partial charge in [0.2, 0.25) is 0 Å². The number of carbonyl (C=O) groups excluding carboxylic acids is 2. The van der Waals surface area contributed by atoms with E-state index in [-0.39, 0.29) is 11.8 Å². The van der Waals surface area contributed by atoms with E-state index in [9.17, 15) is 9.59 Å². The number of amides is 2. The molecule has 152 valence electrons. The molecule has 2 aliphatic heterocycles. The summed E-state index contributed by atoms with van der Waals surface area (Å²) in [6.07, 6.45) is 4.92. The molecule has 2 heterocycles. The van der Waals surface area contributed by atoms with Gasteiger partial charge in [-0.1, -0.05) is 50.6 Å². The molecule has 28 heavy (non-hydrogen) atoms. The van der Waals surface area contributed by atoms with E-state index in [2.05, 4.69) is 18.7 Å². The minimum Gasteiger partial charge on any atom is -0.381 e. The van der Waals surface area contributed by atoms with Crippen LogP contribution in [-0.2, 0) is 14.3 Å². The zero-order valence-electron chi connectivity index (χ0n) is 17.2. The molecule has 1 aromatic carbocycles. The van der Waals surface area contributed by atoms with Gasteiger partial charge in [0, 0.05) is 32.8 Å². The number of unbranched alkanes of at least 4 members (excludes halogenated alkanes) is 1. The number of nitrogens with zero attached hydrogens (tertiary/aromatic N) is 2. The van der Waals surface area contributed by atoms with Crippen LogP contribution in [0.5, 0.6) is 0 Å². The first-order valence-corrected chi connectivity index (χ1v) is 10.6. The van der Waals surface area contributed by atoms with Gasteiger partial charge >= 0.3 is 0 Å². The number of imide groups is 1. The lowest BCUT2D eigenvalue weighted by molar-refractivity contribution is -0.137. The Bertz CT molecular complexity index is 706. The second kappa shape index (κ2) is 9.87. The van der Waals surface area contributed by atoms with Crippen molar-refractivity contribution >= 4 is 17.4 Å². The minimum atomic E-state index is -0.168. The van der Waals surface area contributed by atoms with Crippen molar-refractivity contribution in [2.24, 2.45) is 5.92 Å². The van der Waals surface area contributed by atoms with Gasteiger partial charge in [0.15, 0.2) is 0 Å². The minimum absolute atomic E-state index is 0.146. The molecule has 0 spiro atoms. The molecule has 1 fully saturated rings. The third-order valence-electron chi connectivity index (χ3n) is 5.62. The molecule has 2 aliphatic rings. The lowest BCUT2D eigenvalue weighted by Crippen LogP contribution is -2.39. The second-order valence-corrected chi connectivity index (χ2v) is 7.84. The van der Waals surface area contributed by atoms with Crippen molar-refractivity contribution in [3.05, 3.63) is 41.6 Å². The summed E-state index contributed by atoms with van der Waals surface area (Å²) in [5.74, 6) is 0.353. The van der Waals surface area contributed by atoms with Gasteiger partial charge in [-0.3, -0.25) is 14.5 Å². The summed E-state index contributed by atoms with van der Waals surface area (Å²) in [7, 11) is 0.